The van der Waals surface area contributed by atoms with Crippen molar-refractivity contribution in [3.05, 3.63) is 194 Å². The van der Waals surface area contributed by atoms with Crippen LogP contribution in [0.3, 0.4) is 0 Å². The van der Waals surface area contributed by atoms with Gasteiger partial charge >= 0.3 is 0 Å². The van der Waals surface area contributed by atoms with Gasteiger partial charge in [0.15, 0.2) is 0 Å². The molecule has 12 rings (SSSR count). The van der Waals surface area contributed by atoms with E-state index >= 15 is 0 Å². The first-order valence-corrected chi connectivity index (χ1v) is 19.0. The second-order valence-corrected chi connectivity index (χ2v) is 14.6. The highest BCUT2D eigenvalue weighted by Gasteiger charge is 2.18. The molecule has 0 bridgehead atoms. The first-order chi connectivity index (χ1) is 27.7. The Morgan fingerprint density at radius 3 is 1.50 bits per heavy atom. The van der Waals surface area contributed by atoms with Crippen LogP contribution in [-0.4, -0.2) is 4.57 Å². The van der Waals surface area contributed by atoms with Crippen molar-refractivity contribution in [1.29, 1.82) is 0 Å². The zero-order chi connectivity index (χ0) is 36.7. The van der Waals surface area contributed by atoms with Gasteiger partial charge in [-0.25, -0.2) is 0 Å². The van der Waals surface area contributed by atoms with Crippen LogP contribution < -0.4 is 4.90 Å². The molecule has 0 radical (unpaired) electrons. The van der Waals surface area contributed by atoms with E-state index in [0.717, 1.165) is 88.7 Å². The van der Waals surface area contributed by atoms with Gasteiger partial charge in [0.2, 0.25) is 0 Å². The Labute approximate surface area is 321 Å². The number of rotatable bonds is 5. The van der Waals surface area contributed by atoms with Crippen LogP contribution in [0.2, 0.25) is 0 Å². The van der Waals surface area contributed by atoms with Gasteiger partial charge in [-0.1, -0.05) is 97.1 Å². The maximum absolute atomic E-state index is 6.33. The average Bonchev–Trinajstić information content (AvgIpc) is 3.93. The predicted octanol–water partition coefficient (Wildman–Crippen LogP) is 14.9. The monoisotopic (exact) mass is 716 g/mol. The molecular weight excluding hydrogens is 685 g/mol. The van der Waals surface area contributed by atoms with Crippen LogP contribution >= 0.6 is 0 Å². The summed E-state index contributed by atoms with van der Waals surface area (Å²) in [7, 11) is 0. The quantitative estimate of drug-likeness (QED) is 0.178. The smallest absolute Gasteiger partial charge is 0.136 e. The maximum atomic E-state index is 6.33. The Hall–Kier alpha value is -7.56. The summed E-state index contributed by atoms with van der Waals surface area (Å²) in [5, 5.41) is 10.3. The van der Waals surface area contributed by atoms with Crippen LogP contribution in [0, 0.1) is 0 Å². The number of aromatic nitrogens is 1. The first kappa shape index (κ1) is 30.9. The van der Waals surface area contributed by atoms with Crippen LogP contribution in [-0.2, 0) is 0 Å². The third kappa shape index (κ3) is 4.79. The zero-order valence-electron chi connectivity index (χ0n) is 30.2. The number of para-hydroxylation sites is 4. The molecule has 56 heavy (non-hydrogen) atoms. The predicted molar refractivity (Wildman–Crippen MR) is 233 cm³/mol. The van der Waals surface area contributed by atoms with Crippen molar-refractivity contribution >= 4 is 93.4 Å². The van der Waals surface area contributed by atoms with E-state index in [0.29, 0.717) is 0 Å². The normalized spacial score (nSPS) is 11.9. The van der Waals surface area contributed by atoms with Crippen molar-refractivity contribution in [3.63, 3.8) is 0 Å². The Morgan fingerprint density at radius 2 is 0.875 bits per heavy atom. The number of furan rings is 2. The van der Waals surface area contributed by atoms with Crippen LogP contribution in [0.25, 0.3) is 93.3 Å². The number of benzene rings is 9. The van der Waals surface area contributed by atoms with Gasteiger partial charge < -0.3 is 18.3 Å². The van der Waals surface area contributed by atoms with Crippen LogP contribution in [0.1, 0.15) is 0 Å². The van der Waals surface area contributed by atoms with Gasteiger partial charge in [-0.05, 0) is 124 Å². The largest absolute Gasteiger partial charge is 0.456 e. The van der Waals surface area contributed by atoms with Crippen molar-refractivity contribution in [1.82, 2.24) is 4.57 Å². The molecule has 0 atom stereocenters. The summed E-state index contributed by atoms with van der Waals surface area (Å²) < 4.78 is 15.0. The highest BCUT2D eigenvalue weighted by molar-refractivity contribution is 6.12. The van der Waals surface area contributed by atoms with Gasteiger partial charge in [-0.15, -0.1) is 0 Å². The molecule has 3 aromatic heterocycles. The molecule has 0 unspecified atom stereocenters. The van der Waals surface area contributed by atoms with E-state index in [1.807, 2.05) is 24.3 Å². The minimum Gasteiger partial charge on any atom is -0.456 e. The zero-order valence-corrected chi connectivity index (χ0v) is 30.2. The molecule has 0 aliphatic rings. The van der Waals surface area contributed by atoms with Gasteiger partial charge in [0.05, 0.1) is 11.2 Å². The number of fused-ring (bicyclic) bond motifs is 9. The Kier molecular flexibility index (Phi) is 6.60. The lowest BCUT2D eigenvalue weighted by Gasteiger charge is -2.26. The molecule has 0 amide bonds. The minimum absolute atomic E-state index is 0.890. The minimum atomic E-state index is 0.890. The van der Waals surface area contributed by atoms with Crippen molar-refractivity contribution in [2.75, 3.05) is 4.90 Å². The van der Waals surface area contributed by atoms with Crippen LogP contribution in [0.5, 0.6) is 0 Å². The van der Waals surface area contributed by atoms with Crippen molar-refractivity contribution < 1.29 is 8.83 Å². The van der Waals surface area contributed by atoms with Crippen LogP contribution in [0.4, 0.5) is 17.1 Å². The molecule has 0 aliphatic carbocycles. The first-order valence-electron chi connectivity index (χ1n) is 19.0. The maximum Gasteiger partial charge on any atom is 0.136 e. The summed E-state index contributed by atoms with van der Waals surface area (Å²) in [5.74, 6) is 0. The van der Waals surface area contributed by atoms with Crippen molar-refractivity contribution in [2.24, 2.45) is 0 Å². The van der Waals surface area contributed by atoms with E-state index in [-0.39, 0.29) is 0 Å². The Morgan fingerprint density at radius 1 is 0.339 bits per heavy atom. The van der Waals surface area contributed by atoms with Gasteiger partial charge in [-0.2, -0.15) is 0 Å². The van der Waals surface area contributed by atoms with Crippen LogP contribution in [0.15, 0.2) is 203 Å². The summed E-state index contributed by atoms with van der Waals surface area (Å²) in [6.07, 6.45) is 0. The highest BCUT2D eigenvalue weighted by atomic mass is 16.3. The van der Waals surface area contributed by atoms with Gasteiger partial charge in [0.25, 0.3) is 0 Å². The topological polar surface area (TPSA) is 34.5 Å². The SMILES string of the molecule is c1ccc(-n2c(-c3ccc(N(c4ccc5cc6c(cc5c4)oc4ccccc46)c4ccc5cc6c(cc5c4)oc4ccccc46)cc3)cc3ccccc32)cc1. The van der Waals surface area contributed by atoms with Gasteiger partial charge in [0.1, 0.15) is 22.3 Å². The third-order valence-electron chi connectivity index (χ3n) is 11.3. The molecule has 3 heterocycles. The summed E-state index contributed by atoms with van der Waals surface area (Å²) in [4.78, 5) is 2.35. The lowest BCUT2D eigenvalue weighted by molar-refractivity contribution is 0.669. The molecule has 0 N–H and O–H groups in total. The Bertz CT molecular complexity index is 3330. The van der Waals surface area contributed by atoms with E-state index in [9.17, 15) is 0 Å². The van der Waals surface area contributed by atoms with Crippen molar-refractivity contribution in [3.8, 4) is 16.9 Å². The van der Waals surface area contributed by atoms with Crippen molar-refractivity contribution in [2.45, 2.75) is 0 Å². The fourth-order valence-electron chi connectivity index (χ4n) is 8.64. The highest BCUT2D eigenvalue weighted by Crippen LogP contribution is 2.42. The fourth-order valence-corrected chi connectivity index (χ4v) is 8.64. The summed E-state index contributed by atoms with van der Waals surface area (Å²) in [6, 6.07) is 69.3. The van der Waals surface area contributed by atoms with E-state index in [1.54, 1.807) is 0 Å². The molecule has 0 saturated carbocycles. The molecule has 0 aliphatic heterocycles. The fraction of sp³-hybridized carbons (Fsp3) is 0. The van der Waals surface area contributed by atoms with E-state index < -0.39 is 0 Å². The average molecular weight is 717 g/mol. The van der Waals surface area contributed by atoms with Gasteiger partial charge in [0, 0.05) is 49.7 Å². The second-order valence-electron chi connectivity index (χ2n) is 14.6. The molecular formula is C52H32N2O2. The lowest BCUT2D eigenvalue weighted by Crippen LogP contribution is -2.10. The second kappa shape index (κ2) is 12.0. The number of nitrogens with zero attached hydrogens (tertiary/aromatic N) is 2. The summed E-state index contributed by atoms with van der Waals surface area (Å²) >= 11 is 0. The Balaban J connectivity index is 1.03. The van der Waals surface area contributed by atoms with Gasteiger partial charge in [-0.3, -0.25) is 0 Å². The molecule has 0 fully saturated rings. The number of hydrogen-bond donors (Lipinski definition) is 0. The standard InChI is InChI=1S/C52H32N2O2/c1-2-11-39(12-3-1)54-47-15-7-4-10-36(47)30-48(54)33-18-22-40(23-19-33)53(41-24-20-34-28-45-43-13-5-8-16-49(43)55-51(45)31-37(34)26-41)42-25-21-35-29-46-44-14-6-9-17-50(44)56-52(46)32-38(35)27-42/h1-32H. The number of hydrogen-bond acceptors (Lipinski definition) is 3. The molecule has 262 valence electrons. The molecule has 0 saturated heterocycles. The summed E-state index contributed by atoms with van der Waals surface area (Å²) in [5.41, 5.74) is 11.4. The lowest BCUT2D eigenvalue weighted by atomic mass is 10.0. The molecule has 4 heteroatoms. The van der Waals surface area contributed by atoms with E-state index in [4.69, 9.17) is 8.83 Å². The molecule has 12 aromatic rings. The number of anilines is 3. The molecule has 4 nitrogen and oxygen atoms in total. The third-order valence-corrected chi connectivity index (χ3v) is 11.3. The summed E-state index contributed by atoms with van der Waals surface area (Å²) in [6.45, 7) is 0. The molecule has 9 aromatic carbocycles. The molecule has 0 spiro atoms. The van der Waals surface area contributed by atoms with E-state index in [2.05, 4.69) is 179 Å². The van der Waals surface area contributed by atoms with E-state index in [1.165, 1.54) is 21.7 Å².